The molecule has 252 valence electrons. The van der Waals surface area contributed by atoms with E-state index < -0.39 is 0 Å². The smallest absolute Gasteiger partial charge is 0.146 e. The normalized spacial score (nSPS) is 12.7. The summed E-state index contributed by atoms with van der Waals surface area (Å²) in [6, 6.07) is 60.3. The van der Waals surface area contributed by atoms with Crippen LogP contribution in [0.1, 0.15) is 0 Å². The van der Waals surface area contributed by atoms with Crippen LogP contribution < -0.4 is 0 Å². The minimum absolute atomic E-state index is 1.00. The van der Waals surface area contributed by atoms with Crippen molar-refractivity contribution in [1.82, 2.24) is 18.4 Å². The Bertz CT molecular complexity index is 3940. The van der Waals surface area contributed by atoms with E-state index in [0.717, 1.165) is 16.9 Å². The molecule has 0 aliphatic carbocycles. The number of para-hydroxylation sites is 5. The number of rotatable bonds is 2. The number of aromatic nitrogens is 4. The van der Waals surface area contributed by atoms with Crippen molar-refractivity contribution in [1.29, 1.82) is 0 Å². The number of pyridine rings is 1. The summed E-state index contributed by atoms with van der Waals surface area (Å²) >= 11 is 0. The lowest BCUT2D eigenvalue weighted by Crippen LogP contribution is -1.93. The number of hydrogen-bond acceptors (Lipinski definition) is 1. The zero-order valence-electron chi connectivity index (χ0n) is 29.5. The fourth-order valence-electron chi connectivity index (χ4n) is 10.4. The third-order valence-corrected chi connectivity index (χ3v) is 12.5. The fraction of sp³-hybridized carbons (Fsp3) is 0. The van der Waals surface area contributed by atoms with Crippen LogP contribution in [-0.2, 0) is 0 Å². The molecule has 14 aromatic rings. The number of hydrogen-bond donors (Lipinski definition) is 0. The van der Waals surface area contributed by atoms with Crippen molar-refractivity contribution in [2.45, 2.75) is 0 Å². The lowest BCUT2D eigenvalue weighted by Gasteiger charge is -2.12. The van der Waals surface area contributed by atoms with Crippen molar-refractivity contribution in [2.24, 2.45) is 0 Å². The summed E-state index contributed by atoms with van der Waals surface area (Å²) in [5.74, 6) is 0. The van der Waals surface area contributed by atoms with E-state index in [9.17, 15) is 0 Å². The van der Waals surface area contributed by atoms with Gasteiger partial charge in [0.05, 0.1) is 44.8 Å². The highest BCUT2D eigenvalue weighted by Crippen LogP contribution is 2.49. The molecule has 6 aromatic heterocycles. The standard InChI is InChI=1S/C51H28N4/c1-2-13-31(14-3-1)53-41-22-8-7-17-34(41)39-27-30(24-25-43(39)53)45-32-15-5-4-12-29(32)26-40-36-19-11-21-38-47-46-37-20-10-18-35-33-16-6-9-23-42(33)54(48(35)37)44(46)28-52-51(47)55(49(36)38)50(40)45/h1-28H. The molecule has 0 saturated heterocycles. The maximum atomic E-state index is 5.43. The minimum atomic E-state index is 1.00. The third kappa shape index (κ3) is 3.29. The molecule has 0 saturated carbocycles. The average molecular weight is 697 g/mol. The van der Waals surface area contributed by atoms with Gasteiger partial charge in [0.15, 0.2) is 0 Å². The first-order valence-electron chi connectivity index (χ1n) is 19.0. The van der Waals surface area contributed by atoms with Crippen LogP contribution in [0.15, 0.2) is 170 Å². The van der Waals surface area contributed by atoms with Crippen molar-refractivity contribution in [2.75, 3.05) is 0 Å². The van der Waals surface area contributed by atoms with Gasteiger partial charge < -0.3 is 8.97 Å². The van der Waals surface area contributed by atoms with Crippen LogP contribution in [0.2, 0.25) is 0 Å². The first-order chi connectivity index (χ1) is 27.3. The lowest BCUT2D eigenvalue weighted by atomic mass is 9.93. The molecule has 0 bridgehead atoms. The Kier molecular flexibility index (Phi) is 4.99. The summed E-state index contributed by atoms with van der Waals surface area (Å²) in [7, 11) is 0. The minimum Gasteiger partial charge on any atom is -0.309 e. The van der Waals surface area contributed by atoms with E-state index in [4.69, 9.17) is 4.98 Å². The summed E-state index contributed by atoms with van der Waals surface area (Å²) in [4.78, 5) is 5.43. The third-order valence-electron chi connectivity index (χ3n) is 12.5. The van der Waals surface area contributed by atoms with Crippen LogP contribution in [0.4, 0.5) is 0 Å². The molecule has 0 radical (unpaired) electrons. The zero-order valence-corrected chi connectivity index (χ0v) is 29.5. The molecule has 0 fully saturated rings. The molecular weight excluding hydrogens is 669 g/mol. The van der Waals surface area contributed by atoms with E-state index in [1.165, 1.54) is 109 Å². The lowest BCUT2D eigenvalue weighted by molar-refractivity contribution is 1.18. The first-order valence-corrected chi connectivity index (χ1v) is 19.0. The fourth-order valence-corrected chi connectivity index (χ4v) is 10.4. The Labute approximate surface area is 313 Å². The van der Waals surface area contributed by atoms with Gasteiger partial charge in [-0.3, -0.25) is 4.40 Å². The van der Waals surface area contributed by atoms with Crippen LogP contribution in [0, 0.1) is 0 Å². The Morgan fingerprint density at radius 2 is 0.982 bits per heavy atom. The Morgan fingerprint density at radius 1 is 0.364 bits per heavy atom. The highest BCUT2D eigenvalue weighted by molar-refractivity contribution is 6.36. The summed E-state index contributed by atoms with van der Waals surface area (Å²) in [5.41, 5.74) is 13.1. The molecule has 0 unspecified atom stereocenters. The van der Waals surface area contributed by atoms with E-state index in [0.29, 0.717) is 0 Å². The SMILES string of the molecule is c1ccc(-n2c3ccccc3c3cc(-c4c5ccccc5cc5c6cccc7c8c9c%10cccc%11c%12ccccc%12n(c9cnc8n(c45)c67)c%11%10)ccc32)cc1. The van der Waals surface area contributed by atoms with E-state index >= 15 is 0 Å². The molecule has 0 amide bonds. The Hall–Kier alpha value is -7.43. The number of nitrogens with zero attached hydrogens (tertiary/aromatic N) is 4. The van der Waals surface area contributed by atoms with Gasteiger partial charge in [-0.25, -0.2) is 4.98 Å². The zero-order chi connectivity index (χ0) is 35.5. The predicted molar refractivity (Wildman–Crippen MR) is 231 cm³/mol. The second kappa shape index (κ2) is 9.75. The summed E-state index contributed by atoms with van der Waals surface area (Å²) in [5, 5.41) is 15.1. The number of benzene rings is 8. The van der Waals surface area contributed by atoms with Gasteiger partial charge >= 0.3 is 0 Å². The predicted octanol–water partition coefficient (Wildman–Crippen LogP) is 13.3. The van der Waals surface area contributed by atoms with E-state index in [-0.39, 0.29) is 0 Å². The van der Waals surface area contributed by atoms with Crippen molar-refractivity contribution >= 4 is 109 Å². The molecule has 0 aliphatic rings. The molecule has 0 N–H and O–H groups in total. The molecule has 0 aliphatic heterocycles. The molecule has 8 aromatic carbocycles. The topological polar surface area (TPSA) is 26.6 Å². The molecule has 4 nitrogen and oxygen atoms in total. The summed E-state index contributed by atoms with van der Waals surface area (Å²) in [6.07, 6.45) is 2.12. The molecule has 14 rings (SSSR count). The van der Waals surface area contributed by atoms with Gasteiger partial charge in [-0.1, -0.05) is 121 Å². The summed E-state index contributed by atoms with van der Waals surface area (Å²) < 4.78 is 7.32. The first kappa shape index (κ1) is 28.1. The summed E-state index contributed by atoms with van der Waals surface area (Å²) in [6.45, 7) is 0. The maximum Gasteiger partial charge on any atom is 0.146 e. The monoisotopic (exact) mass is 696 g/mol. The largest absolute Gasteiger partial charge is 0.309 e. The van der Waals surface area contributed by atoms with Crippen molar-refractivity contribution in [3.8, 4) is 16.8 Å². The van der Waals surface area contributed by atoms with Crippen molar-refractivity contribution in [3.05, 3.63) is 170 Å². The van der Waals surface area contributed by atoms with E-state index in [1.54, 1.807) is 0 Å². The van der Waals surface area contributed by atoms with Gasteiger partial charge in [-0.15, -0.1) is 0 Å². The van der Waals surface area contributed by atoms with Crippen LogP contribution in [-0.4, -0.2) is 18.4 Å². The molecule has 6 heterocycles. The maximum absolute atomic E-state index is 5.43. The van der Waals surface area contributed by atoms with E-state index in [2.05, 4.69) is 183 Å². The second-order valence-corrected chi connectivity index (χ2v) is 15.1. The Balaban J connectivity index is 1.17. The average Bonchev–Trinajstić information content (AvgIpc) is 4.03. The van der Waals surface area contributed by atoms with Gasteiger partial charge in [-0.2, -0.15) is 0 Å². The van der Waals surface area contributed by atoms with Crippen molar-refractivity contribution in [3.63, 3.8) is 0 Å². The molecule has 0 spiro atoms. The van der Waals surface area contributed by atoms with Crippen LogP contribution in [0.3, 0.4) is 0 Å². The van der Waals surface area contributed by atoms with E-state index in [1.807, 2.05) is 0 Å². The van der Waals surface area contributed by atoms with Crippen LogP contribution in [0.25, 0.3) is 126 Å². The van der Waals surface area contributed by atoms with Gasteiger partial charge in [0.2, 0.25) is 0 Å². The number of fused-ring (bicyclic) bond motifs is 17. The second-order valence-electron chi connectivity index (χ2n) is 15.1. The van der Waals surface area contributed by atoms with Gasteiger partial charge in [0, 0.05) is 65.1 Å². The molecule has 0 atom stereocenters. The highest BCUT2D eigenvalue weighted by atomic mass is 15.0. The van der Waals surface area contributed by atoms with Crippen LogP contribution in [0.5, 0.6) is 0 Å². The quantitative estimate of drug-likeness (QED) is 0.177. The highest BCUT2D eigenvalue weighted by Gasteiger charge is 2.27. The van der Waals surface area contributed by atoms with Crippen molar-refractivity contribution < 1.29 is 0 Å². The Morgan fingerprint density at radius 3 is 1.82 bits per heavy atom. The molecule has 55 heavy (non-hydrogen) atoms. The van der Waals surface area contributed by atoms with Gasteiger partial charge in [0.1, 0.15) is 5.65 Å². The van der Waals surface area contributed by atoms with Gasteiger partial charge in [-0.05, 0) is 58.8 Å². The van der Waals surface area contributed by atoms with Crippen LogP contribution >= 0.6 is 0 Å². The molecular formula is C51H28N4. The molecule has 4 heteroatoms. The van der Waals surface area contributed by atoms with Gasteiger partial charge in [0.25, 0.3) is 0 Å².